The van der Waals surface area contributed by atoms with Crippen LogP contribution >= 0.6 is 0 Å². The summed E-state index contributed by atoms with van der Waals surface area (Å²) in [5, 5.41) is 3.17. The molecule has 0 radical (unpaired) electrons. The minimum absolute atomic E-state index is 0.208. The molecule has 0 saturated carbocycles. The Kier molecular flexibility index (Phi) is 9.25. The Morgan fingerprint density at radius 2 is 1.72 bits per heavy atom. The number of nitrogens with zero attached hydrogens (tertiary/aromatic N) is 3. The summed E-state index contributed by atoms with van der Waals surface area (Å²) in [5.74, 6) is -0.925. The molecular formula is C27H39BN4O4. The van der Waals surface area contributed by atoms with E-state index in [-0.39, 0.29) is 23.4 Å². The topological polar surface area (TPSA) is 93.7 Å². The molecule has 9 heteroatoms. The zero-order valence-corrected chi connectivity index (χ0v) is 22.4. The molecule has 1 aromatic carbocycles. The van der Waals surface area contributed by atoms with E-state index in [9.17, 15) is 9.59 Å². The van der Waals surface area contributed by atoms with Crippen LogP contribution in [0.25, 0.3) is 0 Å². The van der Waals surface area contributed by atoms with Crippen molar-refractivity contribution in [1.82, 2.24) is 20.2 Å². The van der Waals surface area contributed by atoms with Crippen LogP contribution < -0.4 is 5.32 Å². The quantitative estimate of drug-likeness (QED) is 0.477. The monoisotopic (exact) mass is 494 g/mol. The lowest BCUT2D eigenvalue weighted by Crippen LogP contribution is -2.55. The number of likely N-dealkylation sites (N-methyl/N-ethyl adjacent to an activating group) is 1. The normalized spacial score (nSPS) is 17.9. The lowest BCUT2D eigenvalue weighted by molar-refractivity contribution is -0.126. The van der Waals surface area contributed by atoms with Gasteiger partial charge in [-0.2, -0.15) is 0 Å². The Bertz CT molecular complexity index is 987. The van der Waals surface area contributed by atoms with Crippen molar-refractivity contribution < 1.29 is 18.9 Å². The Hall–Kier alpha value is -2.78. The number of carbonyl (C=O) groups is 2. The van der Waals surface area contributed by atoms with Crippen LogP contribution in [0.3, 0.4) is 0 Å². The highest BCUT2D eigenvalue weighted by Gasteiger charge is 2.54. The largest absolute Gasteiger partial charge is 0.481 e. The number of aromatic nitrogens is 2. The van der Waals surface area contributed by atoms with E-state index in [4.69, 9.17) is 9.31 Å². The minimum Gasteiger partial charge on any atom is -0.402 e. The summed E-state index contributed by atoms with van der Waals surface area (Å²) < 4.78 is 12.6. The number of amides is 2. The molecule has 194 valence electrons. The van der Waals surface area contributed by atoms with Gasteiger partial charge in [0.15, 0.2) is 0 Å². The molecule has 36 heavy (non-hydrogen) atoms. The first-order valence-corrected chi connectivity index (χ1v) is 12.8. The van der Waals surface area contributed by atoms with E-state index in [0.717, 1.165) is 19.3 Å². The fourth-order valence-electron chi connectivity index (χ4n) is 4.28. The molecule has 1 N–H and O–H groups in total. The standard InChI is InChI=1S/C27H39BN4O4/c1-7-12-22(32(6)25(34)21-19-29-17-18-30-21)24(33)31-23(16-11-15-20-13-9-8-10-14-20)28-35-26(2,3)27(4,5)36-28/h8-10,13-14,17-19,22-23H,7,11-12,15-16H2,1-6H3,(H,31,33)/t22-,23+/m1/s1. The van der Waals surface area contributed by atoms with Gasteiger partial charge in [-0.15, -0.1) is 0 Å². The van der Waals surface area contributed by atoms with Crippen LogP contribution in [0.15, 0.2) is 48.9 Å². The van der Waals surface area contributed by atoms with E-state index >= 15 is 0 Å². The maximum atomic E-state index is 13.6. The fraction of sp³-hybridized carbons (Fsp3) is 0.556. The number of carbonyl (C=O) groups excluding carboxylic acids is 2. The molecule has 2 amide bonds. The summed E-state index contributed by atoms with van der Waals surface area (Å²) in [6.45, 7) is 10.0. The lowest BCUT2D eigenvalue weighted by Gasteiger charge is -2.32. The lowest BCUT2D eigenvalue weighted by atomic mass is 9.75. The average molecular weight is 494 g/mol. The van der Waals surface area contributed by atoms with Gasteiger partial charge >= 0.3 is 7.12 Å². The second-order valence-electron chi connectivity index (χ2n) is 10.4. The summed E-state index contributed by atoms with van der Waals surface area (Å²) in [7, 11) is 1.05. The van der Waals surface area contributed by atoms with Crippen LogP contribution in [0.5, 0.6) is 0 Å². The molecule has 0 spiro atoms. The van der Waals surface area contributed by atoms with Crippen molar-refractivity contribution in [2.45, 2.75) is 89.9 Å². The van der Waals surface area contributed by atoms with E-state index in [0.29, 0.717) is 12.8 Å². The SMILES string of the molecule is CCC[C@H](C(=O)N[C@@H](CCCc1ccccc1)B1OC(C)(C)C(C)(C)O1)N(C)C(=O)c1cnccn1. The predicted octanol–water partition coefficient (Wildman–Crippen LogP) is 3.86. The van der Waals surface area contributed by atoms with E-state index < -0.39 is 24.4 Å². The molecule has 8 nitrogen and oxygen atoms in total. The van der Waals surface area contributed by atoms with Gasteiger partial charge in [-0.25, -0.2) is 4.98 Å². The van der Waals surface area contributed by atoms with Crippen molar-refractivity contribution >= 4 is 18.9 Å². The van der Waals surface area contributed by atoms with Crippen molar-refractivity contribution in [1.29, 1.82) is 0 Å². The van der Waals surface area contributed by atoms with E-state index in [1.807, 2.05) is 52.8 Å². The molecule has 1 aliphatic heterocycles. The molecule has 2 heterocycles. The van der Waals surface area contributed by atoms with Crippen molar-refractivity contribution in [3.05, 3.63) is 60.2 Å². The third-order valence-corrected chi connectivity index (χ3v) is 7.19. The first kappa shape index (κ1) is 27.8. The van der Waals surface area contributed by atoms with Gasteiger partial charge < -0.3 is 19.5 Å². The number of hydrogen-bond donors (Lipinski definition) is 1. The molecule has 0 bridgehead atoms. The Labute approximate surface area is 215 Å². The molecule has 1 fully saturated rings. The van der Waals surface area contributed by atoms with Gasteiger partial charge in [-0.3, -0.25) is 14.6 Å². The third kappa shape index (κ3) is 6.71. The van der Waals surface area contributed by atoms with Gasteiger partial charge in [0.1, 0.15) is 11.7 Å². The van der Waals surface area contributed by atoms with Gasteiger partial charge in [0.25, 0.3) is 5.91 Å². The van der Waals surface area contributed by atoms with E-state index in [2.05, 4.69) is 27.4 Å². The van der Waals surface area contributed by atoms with Crippen LogP contribution in [-0.2, 0) is 20.5 Å². The molecule has 1 aliphatic rings. The maximum Gasteiger partial charge on any atom is 0.481 e. The van der Waals surface area contributed by atoms with Gasteiger partial charge in [-0.1, -0.05) is 43.7 Å². The molecular weight excluding hydrogens is 455 g/mol. The zero-order valence-electron chi connectivity index (χ0n) is 22.4. The molecule has 0 unspecified atom stereocenters. The van der Waals surface area contributed by atoms with Gasteiger partial charge in [0, 0.05) is 19.4 Å². The number of rotatable bonds is 11. The van der Waals surface area contributed by atoms with Crippen LogP contribution in [-0.4, -0.2) is 64.0 Å². The van der Waals surface area contributed by atoms with Gasteiger partial charge in [0.05, 0.1) is 23.3 Å². The number of hydrogen-bond acceptors (Lipinski definition) is 6. The summed E-state index contributed by atoms with van der Waals surface area (Å²) in [5.41, 5.74) is 0.428. The molecule has 2 atom stereocenters. The smallest absolute Gasteiger partial charge is 0.402 e. The predicted molar refractivity (Wildman–Crippen MR) is 140 cm³/mol. The Balaban J connectivity index is 1.75. The van der Waals surface area contributed by atoms with Gasteiger partial charge in [-0.05, 0) is 58.9 Å². The molecule has 1 aromatic heterocycles. The van der Waals surface area contributed by atoms with Crippen molar-refractivity contribution in [3.63, 3.8) is 0 Å². The number of nitrogens with one attached hydrogen (secondary N) is 1. The molecule has 0 aliphatic carbocycles. The summed E-state index contributed by atoms with van der Waals surface area (Å²) in [6.07, 6.45) is 8.07. The summed E-state index contributed by atoms with van der Waals surface area (Å²) in [4.78, 5) is 36.1. The van der Waals surface area contributed by atoms with Crippen LogP contribution in [0.1, 0.15) is 76.4 Å². The van der Waals surface area contributed by atoms with Crippen molar-refractivity contribution in [2.24, 2.45) is 0 Å². The Morgan fingerprint density at radius 3 is 2.31 bits per heavy atom. The second kappa shape index (κ2) is 12.0. The van der Waals surface area contributed by atoms with Crippen LogP contribution in [0, 0.1) is 0 Å². The van der Waals surface area contributed by atoms with Crippen LogP contribution in [0.2, 0.25) is 0 Å². The highest BCUT2D eigenvalue weighted by atomic mass is 16.7. The highest BCUT2D eigenvalue weighted by molar-refractivity contribution is 6.48. The maximum absolute atomic E-state index is 13.6. The highest BCUT2D eigenvalue weighted by Crippen LogP contribution is 2.38. The molecule has 2 aromatic rings. The van der Waals surface area contributed by atoms with Crippen molar-refractivity contribution in [2.75, 3.05) is 7.05 Å². The van der Waals surface area contributed by atoms with E-state index in [1.54, 1.807) is 7.05 Å². The number of benzene rings is 1. The molecule has 1 saturated heterocycles. The summed E-state index contributed by atoms with van der Waals surface area (Å²) in [6, 6.07) is 9.62. The van der Waals surface area contributed by atoms with Gasteiger partial charge in [0.2, 0.25) is 5.91 Å². The van der Waals surface area contributed by atoms with Crippen LogP contribution in [0.4, 0.5) is 0 Å². The Morgan fingerprint density at radius 1 is 1.06 bits per heavy atom. The minimum atomic E-state index is -0.649. The first-order chi connectivity index (χ1) is 17.1. The third-order valence-electron chi connectivity index (χ3n) is 7.19. The van der Waals surface area contributed by atoms with Crippen molar-refractivity contribution in [3.8, 4) is 0 Å². The average Bonchev–Trinajstić information content (AvgIpc) is 3.08. The zero-order chi connectivity index (χ0) is 26.3. The fourth-order valence-corrected chi connectivity index (χ4v) is 4.28. The number of aryl methyl sites for hydroxylation is 1. The first-order valence-electron chi connectivity index (χ1n) is 12.8. The summed E-state index contributed by atoms with van der Waals surface area (Å²) >= 11 is 0. The second-order valence-corrected chi connectivity index (χ2v) is 10.4. The molecule has 3 rings (SSSR count). The van der Waals surface area contributed by atoms with E-state index in [1.165, 1.54) is 29.1 Å².